The maximum atomic E-state index is 6.29. The molecule has 1 heterocycles. The Balaban J connectivity index is 1.14. The van der Waals surface area contributed by atoms with Crippen molar-refractivity contribution in [2.75, 3.05) is 4.90 Å². The first kappa shape index (κ1) is 33.6. The van der Waals surface area contributed by atoms with Crippen molar-refractivity contribution in [1.82, 2.24) is 0 Å². The molecule has 0 saturated carbocycles. The van der Waals surface area contributed by atoms with Crippen LogP contribution in [0.3, 0.4) is 0 Å². The number of para-hydroxylation sites is 2. The van der Waals surface area contributed by atoms with Gasteiger partial charge in [-0.1, -0.05) is 188 Å². The molecule has 0 atom stereocenters. The predicted molar refractivity (Wildman–Crippen MR) is 245 cm³/mol. The number of benzene rings is 10. The molecule has 0 saturated heterocycles. The Kier molecular flexibility index (Phi) is 8.19. The lowest BCUT2D eigenvalue weighted by atomic mass is 9.88. The minimum Gasteiger partial charge on any atom is -0.456 e. The summed E-state index contributed by atoms with van der Waals surface area (Å²) in [6, 6.07) is 80.8. The van der Waals surface area contributed by atoms with Crippen LogP contribution in [0.2, 0.25) is 0 Å². The van der Waals surface area contributed by atoms with Crippen molar-refractivity contribution in [2.45, 2.75) is 0 Å². The van der Waals surface area contributed by atoms with E-state index in [1.165, 1.54) is 49.4 Å². The van der Waals surface area contributed by atoms with Crippen LogP contribution in [0.5, 0.6) is 0 Å². The normalized spacial score (nSPS) is 11.4. The first-order valence-electron chi connectivity index (χ1n) is 19.8. The van der Waals surface area contributed by atoms with E-state index in [0.717, 1.165) is 55.7 Å². The Labute approximate surface area is 337 Å². The number of rotatable bonds is 7. The summed E-state index contributed by atoms with van der Waals surface area (Å²) in [7, 11) is 0. The number of hydrogen-bond donors (Lipinski definition) is 0. The Morgan fingerprint density at radius 1 is 0.293 bits per heavy atom. The van der Waals surface area contributed by atoms with Crippen LogP contribution in [0.25, 0.3) is 88.0 Å². The Bertz CT molecular complexity index is 3290. The molecule has 2 heteroatoms. The predicted octanol–water partition coefficient (Wildman–Crippen LogP) is 16.0. The number of furan rings is 1. The zero-order valence-electron chi connectivity index (χ0n) is 31.7. The molecule has 0 radical (unpaired) electrons. The molecule has 0 unspecified atom stereocenters. The minimum absolute atomic E-state index is 0.897. The molecule has 11 aromatic rings. The second kappa shape index (κ2) is 14.1. The average molecular weight is 740 g/mol. The van der Waals surface area contributed by atoms with Gasteiger partial charge in [0.05, 0.1) is 11.4 Å². The van der Waals surface area contributed by atoms with Crippen LogP contribution in [0.4, 0.5) is 17.1 Å². The number of hydrogen-bond acceptors (Lipinski definition) is 2. The summed E-state index contributed by atoms with van der Waals surface area (Å²) in [5.41, 5.74) is 14.5. The van der Waals surface area contributed by atoms with Crippen molar-refractivity contribution in [3.63, 3.8) is 0 Å². The molecule has 0 fully saturated rings. The number of nitrogens with zero attached hydrogens (tertiary/aromatic N) is 1. The van der Waals surface area contributed by atoms with E-state index in [0.29, 0.717) is 0 Å². The topological polar surface area (TPSA) is 16.4 Å². The summed E-state index contributed by atoms with van der Waals surface area (Å²) < 4.78 is 6.29. The Morgan fingerprint density at radius 2 is 0.810 bits per heavy atom. The van der Waals surface area contributed by atoms with Gasteiger partial charge in [-0.05, 0) is 91.5 Å². The molecule has 0 aliphatic carbocycles. The fourth-order valence-electron chi connectivity index (χ4n) is 8.87. The van der Waals surface area contributed by atoms with Crippen LogP contribution in [0.15, 0.2) is 229 Å². The summed E-state index contributed by atoms with van der Waals surface area (Å²) in [4.78, 5) is 2.46. The molecule has 0 aliphatic heterocycles. The van der Waals surface area contributed by atoms with E-state index in [2.05, 4.69) is 217 Å². The molecular weight excluding hydrogens is 703 g/mol. The molecule has 0 spiro atoms. The first-order chi connectivity index (χ1) is 28.8. The molecule has 10 aromatic carbocycles. The number of fused-ring (bicyclic) bond motifs is 6. The van der Waals surface area contributed by atoms with Crippen LogP contribution in [-0.4, -0.2) is 0 Å². The van der Waals surface area contributed by atoms with Gasteiger partial charge in [0.25, 0.3) is 0 Å². The SMILES string of the molecule is c1ccc(-c2ccccc2-c2ccccc2-c2ccccc2N(c2ccc(-c3cccc4oc5ccccc5c34)cc2)c2cc3ccccc3c3ccccc23)cc1. The van der Waals surface area contributed by atoms with Crippen LogP contribution in [0.1, 0.15) is 0 Å². The molecule has 0 amide bonds. The van der Waals surface area contributed by atoms with E-state index in [1.807, 2.05) is 12.1 Å². The summed E-state index contributed by atoms with van der Waals surface area (Å²) >= 11 is 0. The van der Waals surface area contributed by atoms with Gasteiger partial charge in [0, 0.05) is 27.4 Å². The summed E-state index contributed by atoms with van der Waals surface area (Å²) in [6.45, 7) is 0. The van der Waals surface area contributed by atoms with Gasteiger partial charge < -0.3 is 9.32 Å². The fourth-order valence-corrected chi connectivity index (χ4v) is 8.87. The summed E-state index contributed by atoms with van der Waals surface area (Å²) in [6.07, 6.45) is 0. The maximum absolute atomic E-state index is 6.29. The summed E-state index contributed by atoms with van der Waals surface area (Å²) in [5, 5.41) is 7.13. The highest BCUT2D eigenvalue weighted by Gasteiger charge is 2.23. The highest BCUT2D eigenvalue weighted by Crippen LogP contribution is 2.48. The monoisotopic (exact) mass is 739 g/mol. The molecule has 0 N–H and O–H groups in total. The van der Waals surface area contributed by atoms with Crippen molar-refractivity contribution in [3.8, 4) is 44.5 Å². The third kappa shape index (κ3) is 5.66. The van der Waals surface area contributed by atoms with Gasteiger partial charge in [-0.15, -0.1) is 0 Å². The molecule has 0 bridgehead atoms. The highest BCUT2D eigenvalue weighted by atomic mass is 16.3. The lowest BCUT2D eigenvalue weighted by Gasteiger charge is -2.30. The second-order valence-electron chi connectivity index (χ2n) is 14.8. The minimum atomic E-state index is 0.897. The van der Waals surface area contributed by atoms with Crippen LogP contribution < -0.4 is 4.90 Å². The van der Waals surface area contributed by atoms with Crippen LogP contribution >= 0.6 is 0 Å². The van der Waals surface area contributed by atoms with E-state index in [9.17, 15) is 0 Å². The van der Waals surface area contributed by atoms with E-state index >= 15 is 0 Å². The molecule has 11 rings (SSSR count). The highest BCUT2D eigenvalue weighted by molar-refractivity contribution is 6.16. The number of anilines is 3. The fraction of sp³-hybridized carbons (Fsp3) is 0. The molecule has 0 aliphatic rings. The maximum Gasteiger partial charge on any atom is 0.136 e. The Hall–Kier alpha value is -7.68. The average Bonchev–Trinajstić information content (AvgIpc) is 3.69. The molecule has 1 aromatic heterocycles. The first-order valence-corrected chi connectivity index (χ1v) is 19.8. The third-order valence-electron chi connectivity index (χ3n) is 11.5. The van der Waals surface area contributed by atoms with Gasteiger partial charge in [-0.2, -0.15) is 0 Å². The van der Waals surface area contributed by atoms with Crippen molar-refractivity contribution >= 4 is 60.5 Å². The van der Waals surface area contributed by atoms with E-state index in [1.54, 1.807) is 0 Å². The van der Waals surface area contributed by atoms with Gasteiger partial charge in [-0.3, -0.25) is 0 Å². The van der Waals surface area contributed by atoms with E-state index in [-0.39, 0.29) is 0 Å². The van der Waals surface area contributed by atoms with E-state index in [4.69, 9.17) is 4.42 Å². The van der Waals surface area contributed by atoms with Crippen molar-refractivity contribution in [2.24, 2.45) is 0 Å². The van der Waals surface area contributed by atoms with Crippen molar-refractivity contribution in [1.29, 1.82) is 0 Å². The lowest BCUT2D eigenvalue weighted by molar-refractivity contribution is 0.669. The van der Waals surface area contributed by atoms with Gasteiger partial charge in [0.15, 0.2) is 0 Å². The zero-order chi connectivity index (χ0) is 38.4. The smallest absolute Gasteiger partial charge is 0.136 e. The molecular formula is C56H37NO. The largest absolute Gasteiger partial charge is 0.456 e. The zero-order valence-corrected chi connectivity index (χ0v) is 31.7. The third-order valence-corrected chi connectivity index (χ3v) is 11.5. The van der Waals surface area contributed by atoms with E-state index < -0.39 is 0 Å². The molecule has 58 heavy (non-hydrogen) atoms. The lowest BCUT2D eigenvalue weighted by Crippen LogP contribution is -2.12. The quantitative estimate of drug-likeness (QED) is 0.151. The molecule has 2 nitrogen and oxygen atoms in total. The Morgan fingerprint density at radius 3 is 1.59 bits per heavy atom. The van der Waals surface area contributed by atoms with Crippen molar-refractivity contribution in [3.05, 3.63) is 224 Å². The standard InChI is InChI=1S/C56H37NO/c1-2-17-38(18-3-1)42-20-6-7-22-45(42)47-24-8-9-25-48(47)49-26-12-14-30-52(49)57(53-37-40-19-4-5-21-43(40)46-23-10-11-27-50(46)53)41-35-33-39(34-36-41)44-29-16-32-55-56(44)51-28-13-15-31-54(51)58-55/h1-37H. The second-order valence-corrected chi connectivity index (χ2v) is 14.8. The van der Waals surface area contributed by atoms with Gasteiger partial charge in [0.1, 0.15) is 11.2 Å². The van der Waals surface area contributed by atoms with Crippen molar-refractivity contribution < 1.29 is 4.42 Å². The molecule has 272 valence electrons. The van der Waals surface area contributed by atoms with Gasteiger partial charge >= 0.3 is 0 Å². The summed E-state index contributed by atoms with van der Waals surface area (Å²) in [5.74, 6) is 0. The van der Waals surface area contributed by atoms with Gasteiger partial charge in [0.2, 0.25) is 0 Å². The van der Waals surface area contributed by atoms with Crippen LogP contribution in [-0.2, 0) is 0 Å². The van der Waals surface area contributed by atoms with Gasteiger partial charge in [-0.25, -0.2) is 0 Å². The van der Waals surface area contributed by atoms with Crippen LogP contribution in [0, 0.1) is 0 Å².